The maximum Gasteiger partial charge on any atom is 0.573 e. The molecule has 11 heteroatoms. The van der Waals surface area contributed by atoms with Crippen LogP contribution in [-0.2, 0) is 7.05 Å². The van der Waals surface area contributed by atoms with Gasteiger partial charge in [0.2, 0.25) is 0 Å². The van der Waals surface area contributed by atoms with Crippen LogP contribution < -0.4 is 9.64 Å². The number of aromatic nitrogens is 3. The van der Waals surface area contributed by atoms with Crippen LogP contribution in [-0.4, -0.2) is 45.2 Å². The van der Waals surface area contributed by atoms with Gasteiger partial charge in [0.1, 0.15) is 28.7 Å². The maximum absolute atomic E-state index is 13.1. The summed E-state index contributed by atoms with van der Waals surface area (Å²) < 4.78 is 51.1. The minimum Gasteiger partial charge on any atom is -0.478 e. The van der Waals surface area contributed by atoms with Gasteiger partial charge in [-0.25, -0.2) is 9.78 Å². The van der Waals surface area contributed by atoms with Gasteiger partial charge in [0.05, 0.1) is 5.56 Å². The van der Waals surface area contributed by atoms with Crippen molar-refractivity contribution in [1.29, 1.82) is 0 Å². The Balaban J connectivity index is 1.08. The Morgan fingerprint density at radius 3 is 2.57 bits per heavy atom. The smallest absolute Gasteiger partial charge is 0.478 e. The number of hydrogen-bond donors (Lipinski definition) is 1. The maximum atomic E-state index is 13.1. The lowest BCUT2D eigenvalue weighted by molar-refractivity contribution is -0.274. The normalized spacial score (nSPS) is 18.4. The summed E-state index contributed by atoms with van der Waals surface area (Å²) in [5.74, 6) is 0.563. The number of rotatable bonds is 6. The van der Waals surface area contributed by atoms with Gasteiger partial charge in [0.15, 0.2) is 0 Å². The fourth-order valence-corrected chi connectivity index (χ4v) is 6.53. The molecule has 1 spiro atoms. The lowest BCUT2D eigenvalue weighted by atomic mass is 9.60. The van der Waals surface area contributed by atoms with E-state index in [9.17, 15) is 23.1 Å². The highest BCUT2D eigenvalue weighted by Crippen LogP contribution is 2.54. The third-order valence-electron chi connectivity index (χ3n) is 8.81. The Morgan fingerprint density at radius 1 is 1.14 bits per heavy atom. The summed E-state index contributed by atoms with van der Waals surface area (Å²) in [6.45, 7) is 1.69. The van der Waals surface area contributed by atoms with Gasteiger partial charge < -0.3 is 23.8 Å². The number of para-hydroxylation sites is 1. The number of fused-ring (bicyclic) bond motifs is 1. The van der Waals surface area contributed by atoms with E-state index in [0.29, 0.717) is 16.7 Å². The molecule has 4 heterocycles. The van der Waals surface area contributed by atoms with E-state index in [2.05, 4.69) is 20.9 Å². The van der Waals surface area contributed by atoms with Gasteiger partial charge in [-0.2, -0.15) is 0 Å². The summed E-state index contributed by atoms with van der Waals surface area (Å²) in [5.41, 5.74) is 3.73. The van der Waals surface area contributed by atoms with E-state index >= 15 is 0 Å². The van der Waals surface area contributed by atoms with Crippen LogP contribution in [0.2, 0.25) is 0 Å². The van der Waals surface area contributed by atoms with Crippen molar-refractivity contribution in [2.24, 2.45) is 12.5 Å². The number of ether oxygens (including phenoxy) is 1. The zero-order valence-electron chi connectivity index (χ0n) is 22.9. The standard InChI is InChI=1S/C31H29F3N4O4/c1-37-17-23(29(39)40)20-8-9-25(35-28(20)37)38-12-10-30(11-13-38)15-18(16-30)14-22-26(36-42-27(22)19-6-7-19)21-4-2-3-5-24(21)41-31(32,33)34/h2-5,8-9,14,17,19H,6-7,10-13,15-16H2,1H3,(H,39,40). The van der Waals surface area contributed by atoms with Crippen LogP contribution in [0.4, 0.5) is 19.0 Å². The number of aryl methyl sites for hydroxylation is 1. The second kappa shape index (κ2) is 9.64. The molecule has 4 aromatic rings. The van der Waals surface area contributed by atoms with E-state index in [1.165, 1.54) is 17.7 Å². The van der Waals surface area contributed by atoms with E-state index < -0.39 is 12.3 Å². The molecule has 3 aliphatic rings. The number of carboxylic acids is 1. The summed E-state index contributed by atoms with van der Waals surface area (Å²) in [4.78, 5) is 18.6. The molecule has 7 rings (SSSR count). The molecule has 0 bridgehead atoms. The van der Waals surface area contributed by atoms with Gasteiger partial charge in [-0.15, -0.1) is 13.2 Å². The quantitative estimate of drug-likeness (QED) is 0.259. The van der Waals surface area contributed by atoms with E-state index in [4.69, 9.17) is 9.51 Å². The molecule has 0 amide bonds. The summed E-state index contributed by atoms with van der Waals surface area (Å²) in [5, 5.41) is 14.3. The number of allylic oxidation sites excluding steroid dienone is 1. The van der Waals surface area contributed by atoms with Crippen molar-refractivity contribution < 1.29 is 32.3 Å². The first-order valence-corrected chi connectivity index (χ1v) is 14.1. The zero-order valence-corrected chi connectivity index (χ0v) is 22.9. The number of benzene rings is 1. The molecule has 3 aromatic heterocycles. The van der Waals surface area contributed by atoms with Crippen molar-refractivity contribution in [3.8, 4) is 17.0 Å². The lowest BCUT2D eigenvalue weighted by Gasteiger charge is -2.49. The van der Waals surface area contributed by atoms with Crippen LogP contribution in [0.5, 0.6) is 5.75 Å². The van der Waals surface area contributed by atoms with Crippen LogP contribution in [0, 0.1) is 5.41 Å². The van der Waals surface area contributed by atoms with Gasteiger partial charge >= 0.3 is 12.3 Å². The SMILES string of the molecule is Cn1cc(C(=O)O)c2ccc(N3CCC4(CC3)CC(=Cc3c(-c5ccccc5OC(F)(F)F)noc3C3CC3)C4)nc21. The summed E-state index contributed by atoms with van der Waals surface area (Å²) >= 11 is 0. The van der Waals surface area contributed by atoms with Gasteiger partial charge in [-0.1, -0.05) is 22.9 Å². The summed E-state index contributed by atoms with van der Waals surface area (Å²) in [6.07, 6.45) is 4.64. The van der Waals surface area contributed by atoms with Crippen molar-refractivity contribution in [3.05, 3.63) is 65.1 Å². The van der Waals surface area contributed by atoms with Gasteiger partial charge in [-0.3, -0.25) is 0 Å². The molecule has 2 saturated carbocycles. The summed E-state index contributed by atoms with van der Waals surface area (Å²) in [7, 11) is 1.80. The van der Waals surface area contributed by atoms with Crippen LogP contribution in [0.1, 0.15) is 66.1 Å². The largest absolute Gasteiger partial charge is 0.573 e. The van der Waals surface area contributed by atoms with Crippen molar-refractivity contribution in [3.63, 3.8) is 0 Å². The van der Waals surface area contributed by atoms with Crippen molar-refractivity contribution in [2.75, 3.05) is 18.0 Å². The highest BCUT2D eigenvalue weighted by Gasteiger charge is 2.44. The van der Waals surface area contributed by atoms with E-state index in [1.54, 1.807) is 29.9 Å². The molecule has 1 aromatic carbocycles. The molecule has 1 aliphatic heterocycles. The number of alkyl halides is 3. The molecule has 0 atom stereocenters. The number of anilines is 1. The third kappa shape index (κ3) is 4.80. The minimum atomic E-state index is -4.81. The van der Waals surface area contributed by atoms with Crippen molar-refractivity contribution in [2.45, 2.75) is 50.8 Å². The molecule has 3 fully saturated rings. The zero-order chi connectivity index (χ0) is 29.2. The first-order chi connectivity index (χ1) is 20.1. The summed E-state index contributed by atoms with van der Waals surface area (Å²) in [6, 6.07) is 9.79. The highest BCUT2D eigenvalue weighted by molar-refractivity contribution is 6.02. The molecule has 0 unspecified atom stereocenters. The molecular formula is C31H29F3N4O4. The average Bonchev–Trinajstić information content (AvgIpc) is 3.61. The Bertz CT molecular complexity index is 1720. The Morgan fingerprint density at radius 2 is 1.88 bits per heavy atom. The van der Waals surface area contributed by atoms with Crippen molar-refractivity contribution >= 4 is 28.9 Å². The van der Waals surface area contributed by atoms with Crippen LogP contribution in [0.25, 0.3) is 28.4 Å². The van der Waals surface area contributed by atoms with E-state index in [0.717, 1.165) is 68.8 Å². The van der Waals surface area contributed by atoms with Crippen LogP contribution in [0.15, 0.2) is 52.7 Å². The van der Waals surface area contributed by atoms with Crippen molar-refractivity contribution in [1.82, 2.24) is 14.7 Å². The Labute approximate surface area is 239 Å². The fourth-order valence-electron chi connectivity index (χ4n) is 6.53. The van der Waals surface area contributed by atoms with Crippen LogP contribution >= 0.6 is 0 Å². The minimum absolute atomic E-state index is 0.183. The number of nitrogens with zero attached hydrogens (tertiary/aromatic N) is 4. The molecule has 1 N–H and O–H groups in total. The Kier molecular flexibility index (Phi) is 6.11. The fraction of sp³-hybridized carbons (Fsp3) is 0.387. The molecular weight excluding hydrogens is 549 g/mol. The van der Waals surface area contributed by atoms with Gasteiger partial charge in [0, 0.05) is 48.8 Å². The van der Waals surface area contributed by atoms with E-state index in [1.807, 2.05) is 12.1 Å². The highest BCUT2D eigenvalue weighted by atomic mass is 19.4. The number of halogens is 3. The molecule has 0 radical (unpaired) electrons. The predicted octanol–water partition coefficient (Wildman–Crippen LogP) is 7.17. The molecule has 2 aliphatic carbocycles. The number of hydrogen-bond acceptors (Lipinski definition) is 6. The molecule has 8 nitrogen and oxygen atoms in total. The lowest BCUT2D eigenvalue weighted by Crippen LogP contribution is -2.44. The molecule has 1 saturated heterocycles. The van der Waals surface area contributed by atoms with E-state index in [-0.39, 0.29) is 28.2 Å². The number of pyridine rings is 1. The average molecular weight is 579 g/mol. The first-order valence-electron chi connectivity index (χ1n) is 14.1. The topological polar surface area (TPSA) is 93.6 Å². The number of piperidine rings is 1. The first kappa shape index (κ1) is 26.6. The third-order valence-corrected chi connectivity index (χ3v) is 8.81. The van der Waals surface area contributed by atoms with Crippen LogP contribution in [0.3, 0.4) is 0 Å². The number of carboxylic acid groups (broad SMARTS) is 1. The number of aromatic carboxylic acids is 1. The monoisotopic (exact) mass is 578 g/mol. The van der Waals surface area contributed by atoms with Gasteiger partial charge in [-0.05, 0) is 74.3 Å². The Hall–Kier alpha value is -4.28. The predicted molar refractivity (Wildman–Crippen MR) is 149 cm³/mol. The molecule has 218 valence electrons. The second-order valence-electron chi connectivity index (χ2n) is 11.8. The molecule has 42 heavy (non-hydrogen) atoms. The number of carbonyl (C=O) groups is 1. The van der Waals surface area contributed by atoms with Gasteiger partial charge in [0.25, 0.3) is 0 Å². The second-order valence-corrected chi connectivity index (χ2v) is 11.8.